The first-order valence-electron chi connectivity index (χ1n) is 6.08. The molecule has 1 rings (SSSR count). The quantitative estimate of drug-likeness (QED) is 0.800. The average Bonchev–Trinajstić information content (AvgIpc) is 2.35. The highest BCUT2D eigenvalue weighted by Crippen LogP contribution is 2.43. The molecule has 1 aromatic carbocycles. The number of rotatable bonds is 5. The molecule has 112 valence electrons. The van der Waals surface area contributed by atoms with Crippen LogP contribution in [0.5, 0.6) is 0 Å². The summed E-state index contributed by atoms with van der Waals surface area (Å²) in [6, 6.07) is 2.82. The van der Waals surface area contributed by atoms with E-state index in [4.69, 9.17) is 34.8 Å². The lowest BCUT2D eigenvalue weighted by Crippen LogP contribution is -2.15. The molecular formula is C13H15Cl3O3S. The maximum Gasteiger partial charge on any atom is 0.336 e. The Morgan fingerprint density at radius 1 is 1.30 bits per heavy atom. The van der Waals surface area contributed by atoms with Crippen molar-refractivity contribution in [2.75, 3.05) is 5.75 Å². The Hall–Kier alpha value is -0.290. The molecule has 0 spiro atoms. The molecule has 0 bridgehead atoms. The van der Waals surface area contributed by atoms with Gasteiger partial charge in [0.1, 0.15) is 0 Å². The van der Waals surface area contributed by atoms with Crippen LogP contribution in [0.4, 0.5) is 0 Å². The minimum Gasteiger partial charge on any atom is -0.478 e. The van der Waals surface area contributed by atoms with Gasteiger partial charge in [-0.2, -0.15) is 0 Å². The van der Waals surface area contributed by atoms with Gasteiger partial charge >= 0.3 is 5.97 Å². The van der Waals surface area contributed by atoms with Gasteiger partial charge < -0.3 is 5.11 Å². The summed E-state index contributed by atoms with van der Waals surface area (Å²) in [4.78, 5) is 11.6. The molecule has 0 aromatic heterocycles. The standard InChI is InChI=1S/C13H15Cl3O3S/c1-3-7-20(19)11-8(4-2)9(12(17)18)5-6-10(11)13(14,15)16/h5-6H,3-4,7H2,1-2H3,(H,17,18)/t20-/m1/s1. The van der Waals surface area contributed by atoms with E-state index in [0.717, 1.165) is 0 Å². The third-order valence-corrected chi connectivity index (χ3v) is 5.08. The molecule has 0 aliphatic heterocycles. The van der Waals surface area contributed by atoms with Gasteiger partial charge in [0.2, 0.25) is 3.79 Å². The zero-order valence-corrected chi connectivity index (χ0v) is 14.2. The average molecular weight is 358 g/mol. The summed E-state index contributed by atoms with van der Waals surface area (Å²) in [5.41, 5.74) is 0.856. The van der Waals surface area contributed by atoms with Crippen molar-refractivity contribution < 1.29 is 14.1 Å². The fourth-order valence-electron chi connectivity index (χ4n) is 1.95. The van der Waals surface area contributed by atoms with Crippen molar-refractivity contribution in [3.05, 3.63) is 28.8 Å². The van der Waals surface area contributed by atoms with Crippen molar-refractivity contribution in [2.24, 2.45) is 0 Å². The molecule has 0 heterocycles. The number of carbonyl (C=O) groups is 1. The van der Waals surface area contributed by atoms with Gasteiger partial charge in [0, 0.05) is 11.3 Å². The molecule has 3 nitrogen and oxygen atoms in total. The first-order valence-corrected chi connectivity index (χ1v) is 8.54. The molecule has 0 radical (unpaired) electrons. The van der Waals surface area contributed by atoms with E-state index in [1.54, 1.807) is 6.92 Å². The first-order chi connectivity index (χ1) is 9.23. The lowest BCUT2D eigenvalue weighted by atomic mass is 10.0. The second-order valence-corrected chi connectivity index (χ2v) is 7.96. The number of halogens is 3. The van der Waals surface area contributed by atoms with Crippen LogP contribution in [0, 0.1) is 0 Å². The molecule has 7 heteroatoms. The Labute approximate surface area is 135 Å². The molecule has 1 atom stereocenters. The van der Waals surface area contributed by atoms with E-state index < -0.39 is 20.6 Å². The third kappa shape index (κ3) is 3.88. The van der Waals surface area contributed by atoms with Crippen LogP contribution in [0.3, 0.4) is 0 Å². The fraction of sp³-hybridized carbons (Fsp3) is 0.462. The predicted molar refractivity (Wildman–Crippen MR) is 83.6 cm³/mol. The molecule has 20 heavy (non-hydrogen) atoms. The molecule has 0 aliphatic carbocycles. The highest BCUT2D eigenvalue weighted by atomic mass is 35.6. The molecule has 0 unspecified atom stereocenters. The molecule has 0 aliphatic rings. The Morgan fingerprint density at radius 3 is 2.30 bits per heavy atom. The van der Waals surface area contributed by atoms with Crippen LogP contribution >= 0.6 is 34.8 Å². The summed E-state index contributed by atoms with van der Waals surface area (Å²) in [6.07, 6.45) is 1.09. The Bertz CT molecular complexity index is 538. The largest absolute Gasteiger partial charge is 0.478 e. The van der Waals surface area contributed by atoms with Gasteiger partial charge in [-0.3, -0.25) is 4.21 Å². The zero-order chi connectivity index (χ0) is 15.5. The van der Waals surface area contributed by atoms with Crippen molar-refractivity contribution in [1.82, 2.24) is 0 Å². The van der Waals surface area contributed by atoms with Gasteiger partial charge in [0.05, 0.1) is 21.3 Å². The van der Waals surface area contributed by atoms with Crippen LogP contribution in [0.1, 0.15) is 41.8 Å². The van der Waals surface area contributed by atoms with E-state index in [-0.39, 0.29) is 11.1 Å². The molecule has 0 saturated carbocycles. The van der Waals surface area contributed by atoms with E-state index in [2.05, 4.69) is 0 Å². The maximum atomic E-state index is 12.4. The molecule has 0 fully saturated rings. The number of hydrogen-bond donors (Lipinski definition) is 1. The number of alkyl halides is 3. The number of benzene rings is 1. The molecule has 0 amide bonds. The SMILES string of the molecule is CCC[S@@](=O)c1c(C(Cl)(Cl)Cl)ccc(C(=O)O)c1CC. The lowest BCUT2D eigenvalue weighted by molar-refractivity contribution is 0.0695. The maximum absolute atomic E-state index is 12.4. The van der Waals surface area contributed by atoms with Crippen molar-refractivity contribution in [2.45, 2.75) is 35.4 Å². The zero-order valence-electron chi connectivity index (χ0n) is 11.1. The van der Waals surface area contributed by atoms with Gasteiger partial charge in [-0.25, -0.2) is 4.79 Å². The number of carboxylic acids is 1. The Balaban J connectivity index is 3.64. The topological polar surface area (TPSA) is 54.4 Å². The molecule has 1 N–H and O–H groups in total. The van der Waals surface area contributed by atoms with E-state index in [1.165, 1.54) is 12.1 Å². The van der Waals surface area contributed by atoms with E-state index >= 15 is 0 Å². The smallest absolute Gasteiger partial charge is 0.336 e. The van der Waals surface area contributed by atoms with Crippen molar-refractivity contribution >= 4 is 51.6 Å². The molecular weight excluding hydrogens is 343 g/mol. The summed E-state index contributed by atoms with van der Waals surface area (Å²) in [7, 11) is -1.40. The second-order valence-electron chi connectivity index (χ2n) is 4.17. The monoisotopic (exact) mass is 356 g/mol. The minimum absolute atomic E-state index is 0.102. The minimum atomic E-state index is -1.74. The van der Waals surface area contributed by atoms with Gasteiger partial charge in [-0.1, -0.05) is 54.7 Å². The summed E-state index contributed by atoms with van der Waals surface area (Å²) < 4.78 is 10.7. The van der Waals surface area contributed by atoms with E-state index in [9.17, 15) is 14.1 Å². The van der Waals surface area contributed by atoms with Crippen molar-refractivity contribution in [3.8, 4) is 0 Å². The highest BCUT2D eigenvalue weighted by molar-refractivity contribution is 7.85. The van der Waals surface area contributed by atoms with Gasteiger partial charge in [0.15, 0.2) is 0 Å². The normalized spacial score (nSPS) is 13.2. The lowest BCUT2D eigenvalue weighted by Gasteiger charge is -2.20. The Morgan fingerprint density at radius 2 is 1.90 bits per heavy atom. The van der Waals surface area contributed by atoms with Gasteiger partial charge in [-0.15, -0.1) is 0 Å². The fourth-order valence-corrected chi connectivity index (χ4v) is 4.16. The van der Waals surface area contributed by atoms with Crippen molar-refractivity contribution in [1.29, 1.82) is 0 Å². The van der Waals surface area contributed by atoms with Crippen LogP contribution in [-0.2, 0) is 21.0 Å². The van der Waals surface area contributed by atoms with Crippen LogP contribution in [-0.4, -0.2) is 21.0 Å². The number of aromatic carboxylic acids is 1. The Kier molecular flexibility index (Phi) is 6.32. The summed E-state index contributed by atoms with van der Waals surface area (Å²) >= 11 is 17.8. The van der Waals surface area contributed by atoms with Crippen molar-refractivity contribution in [3.63, 3.8) is 0 Å². The summed E-state index contributed by atoms with van der Waals surface area (Å²) in [6.45, 7) is 3.68. The summed E-state index contributed by atoms with van der Waals surface area (Å²) in [5, 5.41) is 9.23. The van der Waals surface area contributed by atoms with Crippen LogP contribution in [0.25, 0.3) is 0 Å². The molecule has 0 saturated heterocycles. The van der Waals surface area contributed by atoms with E-state index in [0.29, 0.717) is 29.1 Å². The second kappa shape index (κ2) is 7.12. The van der Waals surface area contributed by atoms with Gasteiger partial charge in [0.25, 0.3) is 0 Å². The van der Waals surface area contributed by atoms with E-state index in [1.807, 2.05) is 6.92 Å². The number of hydrogen-bond acceptors (Lipinski definition) is 2. The van der Waals surface area contributed by atoms with Gasteiger partial charge in [-0.05, 0) is 24.5 Å². The third-order valence-electron chi connectivity index (χ3n) is 2.77. The first kappa shape index (κ1) is 17.8. The summed E-state index contributed by atoms with van der Waals surface area (Å²) in [5.74, 6) is -0.684. The number of carboxylic acid groups (broad SMARTS) is 1. The van der Waals surface area contributed by atoms with Crippen LogP contribution in [0.2, 0.25) is 0 Å². The highest BCUT2D eigenvalue weighted by Gasteiger charge is 2.31. The van der Waals surface area contributed by atoms with Crippen LogP contribution in [0.15, 0.2) is 17.0 Å². The van der Waals surface area contributed by atoms with Crippen LogP contribution < -0.4 is 0 Å². The molecule has 1 aromatic rings. The predicted octanol–water partition coefficient (Wildman–Crippen LogP) is 4.29.